The van der Waals surface area contributed by atoms with Crippen LogP contribution in [0.3, 0.4) is 0 Å². The number of hydrogen-bond acceptors (Lipinski definition) is 2. The molecule has 0 fully saturated rings. The number of halogens is 2. The lowest BCUT2D eigenvalue weighted by Gasteiger charge is -2.03. The molecular weight excluding hydrogens is 247 g/mol. The van der Waals surface area contributed by atoms with Crippen molar-refractivity contribution in [1.29, 1.82) is 0 Å². The third-order valence-corrected chi connectivity index (χ3v) is 2.71. The van der Waals surface area contributed by atoms with Crippen LogP contribution in [-0.2, 0) is 0 Å². The number of aryl methyl sites for hydroxylation is 1. The van der Waals surface area contributed by atoms with E-state index in [9.17, 15) is 4.39 Å². The van der Waals surface area contributed by atoms with Gasteiger partial charge in [-0.2, -0.15) is 0 Å². The largest absolute Gasteiger partial charge is 0.383 e. The van der Waals surface area contributed by atoms with Crippen LogP contribution in [0.25, 0.3) is 10.9 Å². The highest BCUT2D eigenvalue weighted by molar-refractivity contribution is 9.10. The summed E-state index contributed by atoms with van der Waals surface area (Å²) >= 11 is 3.25. The van der Waals surface area contributed by atoms with Gasteiger partial charge in [0, 0.05) is 5.39 Å². The number of nitrogens with two attached hydrogens (primary N) is 1. The molecule has 0 saturated carbocycles. The third kappa shape index (κ3) is 1.46. The molecule has 14 heavy (non-hydrogen) atoms. The summed E-state index contributed by atoms with van der Waals surface area (Å²) in [5, 5.41) is 0.745. The minimum atomic E-state index is -0.226. The molecule has 1 aromatic heterocycles. The van der Waals surface area contributed by atoms with Crippen molar-refractivity contribution in [2.75, 3.05) is 5.73 Å². The lowest BCUT2D eigenvalue weighted by atomic mass is 10.1. The first-order chi connectivity index (χ1) is 6.58. The fourth-order valence-corrected chi connectivity index (χ4v) is 1.62. The van der Waals surface area contributed by atoms with Gasteiger partial charge in [-0.3, -0.25) is 0 Å². The Morgan fingerprint density at radius 3 is 2.79 bits per heavy atom. The normalized spacial score (nSPS) is 10.8. The Kier molecular flexibility index (Phi) is 2.15. The second-order valence-electron chi connectivity index (χ2n) is 3.15. The lowest BCUT2D eigenvalue weighted by Crippen LogP contribution is -1.93. The molecule has 0 aliphatic heterocycles. The van der Waals surface area contributed by atoms with Crippen molar-refractivity contribution >= 4 is 32.7 Å². The zero-order valence-corrected chi connectivity index (χ0v) is 9.10. The number of rotatable bonds is 0. The Bertz CT molecular complexity index is 422. The van der Waals surface area contributed by atoms with Crippen LogP contribution in [0.1, 0.15) is 5.56 Å². The van der Waals surface area contributed by atoms with E-state index in [1.165, 1.54) is 6.07 Å². The summed E-state index contributed by atoms with van der Waals surface area (Å²) in [7, 11) is 0. The molecule has 0 spiro atoms. The average Bonchev–Trinajstić information content (AvgIpc) is 2.11. The monoisotopic (exact) mass is 254 g/mol. The second kappa shape index (κ2) is 3.20. The van der Waals surface area contributed by atoms with E-state index in [4.69, 9.17) is 5.73 Å². The Morgan fingerprint density at radius 2 is 2.07 bits per heavy atom. The highest BCUT2D eigenvalue weighted by Crippen LogP contribution is 2.24. The Morgan fingerprint density at radius 1 is 1.36 bits per heavy atom. The maximum atomic E-state index is 13.2. The van der Waals surface area contributed by atoms with Crippen molar-refractivity contribution in [3.8, 4) is 0 Å². The van der Waals surface area contributed by atoms with Crippen LogP contribution in [0.15, 0.2) is 22.7 Å². The lowest BCUT2D eigenvalue weighted by molar-refractivity contribution is 0.620. The van der Waals surface area contributed by atoms with Gasteiger partial charge in [-0.15, -0.1) is 0 Å². The molecule has 0 saturated heterocycles. The van der Waals surface area contributed by atoms with Crippen LogP contribution >= 0.6 is 15.9 Å². The molecule has 0 amide bonds. The molecule has 2 aromatic rings. The van der Waals surface area contributed by atoms with E-state index >= 15 is 0 Å². The third-order valence-electron chi connectivity index (χ3n) is 2.08. The summed E-state index contributed by atoms with van der Waals surface area (Å²) in [5.74, 6) is 0.194. The van der Waals surface area contributed by atoms with Crippen molar-refractivity contribution in [2.24, 2.45) is 0 Å². The molecule has 72 valence electrons. The first kappa shape index (κ1) is 9.40. The van der Waals surface area contributed by atoms with Gasteiger partial charge in [0.15, 0.2) is 0 Å². The number of nitrogens with zero attached hydrogens (tertiary/aromatic N) is 1. The van der Waals surface area contributed by atoms with Crippen molar-refractivity contribution in [2.45, 2.75) is 6.92 Å². The number of aromatic nitrogens is 1. The fourth-order valence-electron chi connectivity index (χ4n) is 1.29. The smallest absolute Gasteiger partial charge is 0.138 e. The van der Waals surface area contributed by atoms with E-state index in [-0.39, 0.29) is 5.82 Å². The Balaban J connectivity index is 2.83. The Hall–Kier alpha value is -1.16. The van der Waals surface area contributed by atoms with Crippen LogP contribution in [0.2, 0.25) is 0 Å². The molecule has 0 aliphatic carbocycles. The van der Waals surface area contributed by atoms with Crippen LogP contribution in [0.4, 0.5) is 10.2 Å². The summed E-state index contributed by atoms with van der Waals surface area (Å²) < 4.78 is 13.9. The second-order valence-corrected chi connectivity index (χ2v) is 4.00. The number of benzene rings is 1. The van der Waals surface area contributed by atoms with Gasteiger partial charge in [-0.25, -0.2) is 9.37 Å². The molecule has 1 heterocycles. The number of fused-ring (bicyclic) bond motifs is 1. The highest BCUT2D eigenvalue weighted by atomic mass is 79.9. The predicted molar refractivity (Wildman–Crippen MR) is 58.6 cm³/mol. The zero-order valence-electron chi connectivity index (χ0n) is 7.51. The van der Waals surface area contributed by atoms with Gasteiger partial charge in [-0.1, -0.05) is 0 Å². The average molecular weight is 255 g/mol. The molecule has 0 atom stereocenters. The van der Waals surface area contributed by atoms with Crippen LogP contribution in [-0.4, -0.2) is 4.98 Å². The first-order valence-electron chi connectivity index (χ1n) is 4.10. The van der Waals surface area contributed by atoms with Gasteiger partial charge in [0.05, 0.1) is 9.99 Å². The molecule has 0 aliphatic rings. The number of pyridine rings is 1. The number of hydrogen-bond donors (Lipinski definition) is 1. The highest BCUT2D eigenvalue weighted by Gasteiger charge is 2.04. The summed E-state index contributed by atoms with van der Waals surface area (Å²) in [6.07, 6.45) is 0. The Labute approximate surface area is 89.1 Å². The molecule has 2 N–H and O–H groups in total. The fraction of sp³-hybridized carbons (Fsp3) is 0.100. The number of nitrogen functional groups attached to an aromatic ring is 1. The molecule has 2 nitrogen and oxygen atoms in total. The topological polar surface area (TPSA) is 38.9 Å². The van der Waals surface area contributed by atoms with Gasteiger partial charge in [-0.05, 0) is 46.6 Å². The minimum absolute atomic E-state index is 0.226. The maximum absolute atomic E-state index is 13.2. The van der Waals surface area contributed by atoms with Crippen molar-refractivity contribution in [1.82, 2.24) is 4.98 Å². The molecule has 0 bridgehead atoms. The van der Waals surface area contributed by atoms with Gasteiger partial charge in [0.1, 0.15) is 11.6 Å². The van der Waals surface area contributed by atoms with E-state index in [0.29, 0.717) is 21.4 Å². The summed E-state index contributed by atoms with van der Waals surface area (Å²) in [4.78, 5) is 4.14. The van der Waals surface area contributed by atoms with E-state index in [1.54, 1.807) is 19.1 Å². The van der Waals surface area contributed by atoms with E-state index in [2.05, 4.69) is 20.9 Å². The van der Waals surface area contributed by atoms with E-state index < -0.39 is 0 Å². The molecule has 4 heteroatoms. The van der Waals surface area contributed by atoms with Crippen LogP contribution in [0.5, 0.6) is 0 Å². The van der Waals surface area contributed by atoms with Gasteiger partial charge in [0.25, 0.3) is 0 Å². The van der Waals surface area contributed by atoms with Crippen molar-refractivity contribution in [3.63, 3.8) is 0 Å². The SMILES string of the molecule is Cc1cc2nc(N)c(Br)cc2cc1F. The quantitative estimate of drug-likeness (QED) is 0.785. The predicted octanol–water partition coefficient (Wildman–Crippen LogP) is 3.03. The first-order valence-corrected chi connectivity index (χ1v) is 4.89. The van der Waals surface area contributed by atoms with Crippen molar-refractivity contribution in [3.05, 3.63) is 34.1 Å². The maximum Gasteiger partial charge on any atom is 0.138 e. The zero-order chi connectivity index (χ0) is 10.3. The van der Waals surface area contributed by atoms with Gasteiger partial charge < -0.3 is 5.73 Å². The standard InChI is InChI=1S/C10H8BrFN2/c1-5-2-9-6(4-8(5)12)3-7(11)10(13)14-9/h2-4H,1H3,(H2,13,14). The molecule has 2 rings (SSSR count). The molecule has 0 radical (unpaired) electrons. The number of anilines is 1. The molecule has 1 aromatic carbocycles. The summed E-state index contributed by atoms with van der Waals surface area (Å²) in [5.41, 5.74) is 6.91. The van der Waals surface area contributed by atoms with Gasteiger partial charge in [0.2, 0.25) is 0 Å². The van der Waals surface area contributed by atoms with E-state index in [1.807, 2.05) is 0 Å². The van der Waals surface area contributed by atoms with Crippen LogP contribution < -0.4 is 5.73 Å². The van der Waals surface area contributed by atoms with Crippen molar-refractivity contribution < 1.29 is 4.39 Å². The molecular formula is C10H8BrFN2. The van der Waals surface area contributed by atoms with Gasteiger partial charge >= 0.3 is 0 Å². The summed E-state index contributed by atoms with van der Waals surface area (Å²) in [6.45, 7) is 1.70. The summed E-state index contributed by atoms with van der Waals surface area (Å²) in [6, 6.07) is 4.91. The minimum Gasteiger partial charge on any atom is -0.383 e. The van der Waals surface area contributed by atoms with E-state index in [0.717, 1.165) is 5.39 Å². The van der Waals surface area contributed by atoms with Crippen LogP contribution in [0, 0.1) is 12.7 Å². The molecule has 0 unspecified atom stereocenters.